The van der Waals surface area contributed by atoms with Gasteiger partial charge in [-0.1, -0.05) is 58.5 Å². The highest BCUT2D eigenvalue weighted by atomic mass is 35.5. The monoisotopic (exact) mass is 487 g/mol. The van der Waals surface area contributed by atoms with E-state index in [1.165, 1.54) is 0 Å². The second-order valence-corrected chi connectivity index (χ2v) is 8.34. The quantitative estimate of drug-likeness (QED) is 0.633. The van der Waals surface area contributed by atoms with Crippen molar-refractivity contribution in [1.29, 1.82) is 0 Å². The van der Waals surface area contributed by atoms with E-state index in [0.717, 1.165) is 4.90 Å². The molecule has 30 heavy (non-hydrogen) atoms. The maximum Gasteiger partial charge on any atom is 0.325 e. The van der Waals surface area contributed by atoms with Crippen molar-refractivity contribution in [2.45, 2.75) is 32.0 Å². The molecule has 1 atom stereocenters. The molecule has 0 saturated carbocycles. The van der Waals surface area contributed by atoms with Crippen molar-refractivity contribution in [3.05, 3.63) is 67.6 Å². The maximum absolute atomic E-state index is 12.6. The van der Waals surface area contributed by atoms with E-state index in [-0.39, 0.29) is 25.9 Å². The molecular weight excluding hydrogens is 472 g/mol. The lowest BCUT2D eigenvalue weighted by molar-refractivity contribution is -0.132. The molecule has 0 unspecified atom stereocenters. The van der Waals surface area contributed by atoms with E-state index in [0.29, 0.717) is 31.2 Å². The lowest BCUT2D eigenvalue weighted by atomic mass is 10.2. The van der Waals surface area contributed by atoms with Gasteiger partial charge in [0.15, 0.2) is 0 Å². The predicted octanol–water partition coefficient (Wildman–Crippen LogP) is 4.82. The molecule has 2 aromatic carbocycles. The molecule has 2 aromatic rings. The lowest BCUT2D eigenvalue weighted by Crippen LogP contribution is -2.50. The first-order valence-electron chi connectivity index (χ1n) is 9.01. The molecule has 0 aliphatic carbocycles. The van der Waals surface area contributed by atoms with Crippen LogP contribution in [-0.2, 0) is 22.7 Å². The molecule has 4 amide bonds. The van der Waals surface area contributed by atoms with E-state index in [1.54, 1.807) is 36.4 Å². The number of hydrogen-bond acceptors (Lipinski definition) is 3. The number of imide groups is 1. The first-order valence-corrected chi connectivity index (χ1v) is 10.5. The van der Waals surface area contributed by atoms with Crippen LogP contribution in [0.3, 0.4) is 0 Å². The summed E-state index contributed by atoms with van der Waals surface area (Å²) in [4.78, 5) is 38.4. The number of likely N-dealkylation sites (tertiary alicyclic amines) is 1. The number of amides is 4. The molecule has 1 aliphatic heterocycles. The fourth-order valence-corrected chi connectivity index (χ4v) is 3.86. The second kappa shape index (κ2) is 9.88. The van der Waals surface area contributed by atoms with Crippen LogP contribution in [0.25, 0.3) is 0 Å². The molecule has 6 nitrogen and oxygen atoms in total. The molecule has 0 radical (unpaired) electrons. The summed E-state index contributed by atoms with van der Waals surface area (Å²) < 4.78 is 0. The van der Waals surface area contributed by atoms with Gasteiger partial charge < -0.3 is 10.6 Å². The topological polar surface area (TPSA) is 78.5 Å². The highest BCUT2D eigenvalue weighted by molar-refractivity contribution is 6.42. The summed E-state index contributed by atoms with van der Waals surface area (Å²) in [6, 6.07) is 8.35. The largest absolute Gasteiger partial charge is 0.350 e. The molecule has 0 bridgehead atoms. The maximum atomic E-state index is 12.6. The van der Waals surface area contributed by atoms with Crippen LogP contribution in [0, 0.1) is 0 Å². The third-order valence-corrected chi connectivity index (χ3v) is 5.96. The van der Waals surface area contributed by atoms with Gasteiger partial charge in [0.25, 0.3) is 0 Å². The van der Waals surface area contributed by atoms with E-state index in [9.17, 15) is 14.4 Å². The van der Waals surface area contributed by atoms with Crippen LogP contribution in [-0.4, -0.2) is 28.8 Å². The van der Waals surface area contributed by atoms with Crippen LogP contribution in [0.2, 0.25) is 20.1 Å². The van der Waals surface area contributed by atoms with Crippen molar-refractivity contribution in [1.82, 2.24) is 15.5 Å². The first-order chi connectivity index (χ1) is 14.3. The lowest BCUT2D eigenvalue weighted by Gasteiger charge is -2.23. The average molecular weight is 489 g/mol. The highest BCUT2D eigenvalue weighted by Crippen LogP contribution is 2.24. The zero-order valence-electron chi connectivity index (χ0n) is 15.6. The number of nitrogens with one attached hydrogen (secondary N) is 2. The second-order valence-electron chi connectivity index (χ2n) is 6.68. The van der Waals surface area contributed by atoms with Crippen LogP contribution < -0.4 is 10.6 Å². The summed E-state index contributed by atoms with van der Waals surface area (Å²) in [6.07, 6.45) is 0.360. The van der Waals surface area contributed by atoms with Crippen LogP contribution >= 0.6 is 46.4 Å². The minimum absolute atomic E-state index is 0.111. The highest BCUT2D eigenvalue weighted by Gasteiger charge is 2.40. The minimum atomic E-state index is -0.891. The molecule has 158 valence electrons. The van der Waals surface area contributed by atoms with Gasteiger partial charge in [-0.25, -0.2) is 4.79 Å². The SMILES string of the molecule is O=C(NCc1ccc(Cl)cc1Cl)[C@@H]1CCC(=O)N1C(=O)NCc1ccc(Cl)c(Cl)c1. The van der Waals surface area contributed by atoms with Crippen LogP contribution in [0.4, 0.5) is 4.79 Å². The fraction of sp³-hybridized carbons (Fsp3) is 0.250. The molecule has 3 rings (SSSR count). The predicted molar refractivity (Wildman–Crippen MR) is 117 cm³/mol. The van der Waals surface area contributed by atoms with Gasteiger partial charge in [0, 0.05) is 29.6 Å². The Morgan fingerprint density at radius 2 is 1.70 bits per heavy atom. The number of carbonyl (C=O) groups excluding carboxylic acids is 3. The number of hydrogen-bond donors (Lipinski definition) is 2. The number of halogens is 4. The van der Waals surface area contributed by atoms with E-state index < -0.39 is 23.9 Å². The Kier molecular flexibility index (Phi) is 7.47. The Morgan fingerprint density at radius 3 is 2.40 bits per heavy atom. The van der Waals surface area contributed by atoms with E-state index in [2.05, 4.69) is 10.6 Å². The van der Waals surface area contributed by atoms with E-state index >= 15 is 0 Å². The Balaban J connectivity index is 1.61. The van der Waals surface area contributed by atoms with Crippen LogP contribution in [0.1, 0.15) is 24.0 Å². The van der Waals surface area contributed by atoms with Gasteiger partial charge in [-0.3, -0.25) is 14.5 Å². The van der Waals surface area contributed by atoms with Gasteiger partial charge in [-0.15, -0.1) is 0 Å². The Bertz CT molecular complexity index is 999. The molecule has 1 aliphatic rings. The molecule has 1 fully saturated rings. The molecule has 1 saturated heterocycles. The number of rotatable bonds is 5. The number of benzene rings is 2. The van der Waals surface area contributed by atoms with Gasteiger partial charge >= 0.3 is 6.03 Å². The summed E-state index contributed by atoms with van der Waals surface area (Å²) in [5.74, 6) is -0.845. The summed E-state index contributed by atoms with van der Waals surface area (Å²) in [6.45, 7) is 0.284. The van der Waals surface area contributed by atoms with Gasteiger partial charge in [-0.2, -0.15) is 0 Å². The molecule has 2 N–H and O–H groups in total. The van der Waals surface area contributed by atoms with Crippen molar-refractivity contribution in [3.63, 3.8) is 0 Å². The number of nitrogens with zero attached hydrogens (tertiary/aromatic N) is 1. The summed E-state index contributed by atoms with van der Waals surface area (Å²) in [5, 5.41) is 7.03. The fourth-order valence-electron chi connectivity index (χ4n) is 3.06. The normalized spacial score (nSPS) is 15.9. The van der Waals surface area contributed by atoms with Gasteiger partial charge in [0.1, 0.15) is 6.04 Å². The Hall–Kier alpha value is -1.99. The summed E-state index contributed by atoms with van der Waals surface area (Å²) in [5.41, 5.74) is 1.39. The standard InChI is InChI=1S/C20H17Cl4N3O3/c21-13-3-2-12(15(23)8-13)10-25-19(29)17-5-6-18(28)27(17)20(30)26-9-11-1-4-14(22)16(24)7-11/h1-4,7-8,17H,5-6,9-10H2,(H,25,29)(H,26,30)/t17-/m0/s1. The Morgan fingerprint density at radius 1 is 0.933 bits per heavy atom. The van der Waals surface area contributed by atoms with Crippen LogP contribution in [0.15, 0.2) is 36.4 Å². The zero-order valence-corrected chi connectivity index (χ0v) is 18.6. The molecule has 1 heterocycles. The zero-order chi connectivity index (χ0) is 21.8. The average Bonchev–Trinajstić information content (AvgIpc) is 3.09. The van der Waals surface area contributed by atoms with Gasteiger partial charge in [-0.05, 0) is 41.8 Å². The summed E-state index contributed by atoms with van der Waals surface area (Å²) >= 11 is 23.8. The summed E-state index contributed by atoms with van der Waals surface area (Å²) in [7, 11) is 0. The van der Waals surface area contributed by atoms with Crippen molar-refractivity contribution < 1.29 is 14.4 Å². The third-order valence-electron chi connectivity index (χ3n) is 4.63. The van der Waals surface area contributed by atoms with Gasteiger partial charge in [0.05, 0.1) is 10.0 Å². The smallest absolute Gasteiger partial charge is 0.325 e. The number of carbonyl (C=O) groups is 3. The van der Waals surface area contributed by atoms with Crippen molar-refractivity contribution in [2.75, 3.05) is 0 Å². The van der Waals surface area contributed by atoms with Gasteiger partial charge in [0.2, 0.25) is 11.8 Å². The van der Waals surface area contributed by atoms with Crippen LogP contribution in [0.5, 0.6) is 0 Å². The molecule has 0 aromatic heterocycles. The van der Waals surface area contributed by atoms with Crippen molar-refractivity contribution in [3.8, 4) is 0 Å². The number of urea groups is 1. The van der Waals surface area contributed by atoms with E-state index in [4.69, 9.17) is 46.4 Å². The minimum Gasteiger partial charge on any atom is -0.350 e. The van der Waals surface area contributed by atoms with E-state index in [1.807, 2.05) is 0 Å². The van der Waals surface area contributed by atoms with Crippen molar-refractivity contribution in [2.24, 2.45) is 0 Å². The first kappa shape index (κ1) is 22.7. The Labute approximate surface area is 193 Å². The third kappa shape index (κ3) is 5.38. The van der Waals surface area contributed by atoms with Crippen molar-refractivity contribution >= 4 is 64.2 Å². The molecule has 10 heteroatoms. The molecular formula is C20H17Cl4N3O3. The molecule has 0 spiro atoms.